The fraction of sp³-hybridized carbons (Fsp3) is 0.667. The van der Waals surface area contributed by atoms with Gasteiger partial charge in [0.1, 0.15) is 0 Å². The Morgan fingerprint density at radius 1 is 1.14 bits per heavy atom. The SMILES string of the molecule is CCOC(=O)/C(CC)=C(\[O-])OCC.[Na+]. The normalized spacial score (nSPS) is 11.1. The van der Waals surface area contributed by atoms with Crippen LogP contribution in [-0.4, -0.2) is 19.2 Å². The first-order chi connectivity index (χ1) is 6.17. The molecule has 0 aliphatic heterocycles. The van der Waals surface area contributed by atoms with Gasteiger partial charge in [0.25, 0.3) is 0 Å². The molecule has 0 saturated carbocycles. The third-order valence-electron chi connectivity index (χ3n) is 1.40. The van der Waals surface area contributed by atoms with Crippen LogP contribution in [0.1, 0.15) is 27.2 Å². The van der Waals surface area contributed by atoms with E-state index in [0.29, 0.717) is 6.42 Å². The number of hydrogen-bond acceptors (Lipinski definition) is 4. The Labute approximate surface area is 107 Å². The van der Waals surface area contributed by atoms with E-state index in [2.05, 4.69) is 9.47 Å². The third kappa shape index (κ3) is 5.52. The van der Waals surface area contributed by atoms with Crippen molar-refractivity contribution in [2.45, 2.75) is 27.2 Å². The predicted octanol–water partition coefficient (Wildman–Crippen LogP) is -2.43. The Bertz CT molecular complexity index is 201. The van der Waals surface area contributed by atoms with Crippen LogP contribution in [-0.2, 0) is 14.3 Å². The average Bonchev–Trinajstić information content (AvgIpc) is 2.06. The minimum atomic E-state index is -0.580. The molecule has 0 aromatic rings. The van der Waals surface area contributed by atoms with Crippen LogP contribution in [0.2, 0.25) is 0 Å². The fourth-order valence-electron chi connectivity index (χ4n) is 0.808. The largest absolute Gasteiger partial charge is 1.00 e. The van der Waals surface area contributed by atoms with Gasteiger partial charge in [-0.2, -0.15) is 0 Å². The van der Waals surface area contributed by atoms with Gasteiger partial charge in [0.05, 0.1) is 18.1 Å². The van der Waals surface area contributed by atoms with Crippen LogP contribution in [0.5, 0.6) is 0 Å². The van der Waals surface area contributed by atoms with Gasteiger partial charge in [0.15, 0.2) is 0 Å². The molecular formula is C9H15NaO4. The first-order valence-electron chi connectivity index (χ1n) is 4.37. The first-order valence-corrected chi connectivity index (χ1v) is 4.37. The van der Waals surface area contributed by atoms with Gasteiger partial charge in [-0.15, -0.1) is 0 Å². The second-order valence-electron chi connectivity index (χ2n) is 2.27. The summed E-state index contributed by atoms with van der Waals surface area (Å²) < 4.78 is 9.37. The van der Waals surface area contributed by atoms with E-state index in [-0.39, 0.29) is 48.3 Å². The Morgan fingerprint density at radius 2 is 1.64 bits per heavy atom. The molecule has 4 nitrogen and oxygen atoms in total. The van der Waals surface area contributed by atoms with Gasteiger partial charge in [-0.25, -0.2) is 4.79 Å². The molecule has 0 spiro atoms. The van der Waals surface area contributed by atoms with Crippen molar-refractivity contribution in [1.29, 1.82) is 0 Å². The minimum Gasteiger partial charge on any atom is -0.613 e. The zero-order valence-corrected chi connectivity index (χ0v) is 11.3. The molecule has 0 fully saturated rings. The summed E-state index contributed by atoms with van der Waals surface area (Å²) in [4.78, 5) is 11.1. The van der Waals surface area contributed by atoms with Crippen molar-refractivity contribution >= 4 is 5.97 Å². The summed E-state index contributed by atoms with van der Waals surface area (Å²) in [5.74, 6) is -1.16. The Hall–Kier alpha value is -0.190. The maximum atomic E-state index is 11.1. The zero-order valence-electron chi connectivity index (χ0n) is 9.25. The van der Waals surface area contributed by atoms with Crippen LogP contribution in [0.4, 0.5) is 0 Å². The van der Waals surface area contributed by atoms with Crippen molar-refractivity contribution in [3.8, 4) is 0 Å². The molecule has 14 heavy (non-hydrogen) atoms. The molecule has 0 radical (unpaired) electrons. The van der Waals surface area contributed by atoms with Crippen molar-refractivity contribution in [3.05, 3.63) is 11.5 Å². The number of carbonyl (C=O) groups is 1. The molecule has 0 saturated heterocycles. The maximum Gasteiger partial charge on any atom is 1.00 e. The average molecular weight is 210 g/mol. The standard InChI is InChI=1S/C9H16O4.Na/c1-4-7(8(10)12-5-2)9(11)13-6-3;/h10H,4-6H2,1-3H3;/q;+1/p-1/b8-7+;. The summed E-state index contributed by atoms with van der Waals surface area (Å²) in [5, 5.41) is 11.1. The van der Waals surface area contributed by atoms with Crippen molar-refractivity contribution in [1.82, 2.24) is 0 Å². The quantitative estimate of drug-likeness (QED) is 0.219. The van der Waals surface area contributed by atoms with E-state index in [0.717, 1.165) is 0 Å². The topological polar surface area (TPSA) is 58.6 Å². The molecule has 0 aliphatic rings. The van der Waals surface area contributed by atoms with E-state index < -0.39 is 11.9 Å². The summed E-state index contributed by atoms with van der Waals surface area (Å²) in [6.07, 6.45) is 0.331. The summed E-state index contributed by atoms with van der Waals surface area (Å²) in [6, 6.07) is 0. The number of hydrogen-bond donors (Lipinski definition) is 0. The molecule has 0 bridgehead atoms. The molecule has 0 aromatic heterocycles. The Balaban J connectivity index is 0. The van der Waals surface area contributed by atoms with Crippen LogP contribution in [0.3, 0.4) is 0 Å². The first kappa shape index (κ1) is 16.2. The number of ether oxygens (including phenoxy) is 2. The molecule has 0 amide bonds. The number of rotatable bonds is 5. The zero-order chi connectivity index (χ0) is 10.3. The van der Waals surface area contributed by atoms with E-state index in [1.54, 1.807) is 20.8 Å². The number of esters is 1. The van der Waals surface area contributed by atoms with Gasteiger partial charge in [-0.3, -0.25) is 0 Å². The maximum absolute atomic E-state index is 11.1. The van der Waals surface area contributed by atoms with Crippen molar-refractivity contribution in [3.63, 3.8) is 0 Å². The van der Waals surface area contributed by atoms with Gasteiger partial charge >= 0.3 is 35.5 Å². The van der Waals surface area contributed by atoms with E-state index in [9.17, 15) is 9.90 Å². The molecule has 0 rings (SSSR count). The van der Waals surface area contributed by atoms with E-state index >= 15 is 0 Å². The monoisotopic (exact) mass is 210 g/mol. The third-order valence-corrected chi connectivity index (χ3v) is 1.40. The second-order valence-corrected chi connectivity index (χ2v) is 2.27. The van der Waals surface area contributed by atoms with Crippen LogP contribution in [0.25, 0.3) is 0 Å². The van der Waals surface area contributed by atoms with Gasteiger partial charge < -0.3 is 14.6 Å². The van der Waals surface area contributed by atoms with Crippen molar-refractivity contribution in [2.24, 2.45) is 0 Å². The van der Waals surface area contributed by atoms with Gasteiger partial charge in [-0.1, -0.05) is 13.8 Å². The minimum absolute atomic E-state index is 0. The molecule has 0 N–H and O–H groups in total. The summed E-state index contributed by atoms with van der Waals surface area (Å²) in [6.45, 7) is 5.62. The van der Waals surface area contributed by atoms with Gasteiger partial charge in [-0.05, 0) is 20.0 Å². The Kier molecular flexibility index (Phi) is 10.9. The van der Waals surface area contributed by atoms with Gasteiger partial charge in [0, 0.05) is 0 Å². The van der Waals surface area contributed by atoms with Crippen LogP contribution >= 0.6 is 0 Å². The molecule has 0 atom stereocenters. The van der Waals surface area contributed by atoms with Gasteiger partial charge in [0.2, 0.25) is 0 Å². The summed E-state index contributed by atoms with van der Waals surface area (Å²) in [7, 11) is 0. The van der Waals surface area contributed by atoms with E-state index in [1.807, 2.05) is 0 Å². The van der Waals surface area contributed by atoms with Crippen LogP contribution in [0.15, 0.2) is 11.5 Å². The number of carbonyl (C=O) groups excluding carboxylic acids is 1. The van der Waals surface area contributed by atoms with Crippen LogP contribution in [0, 0.1) is 0 Å². The summed E-state index contributed by atoms with van der Waals surface area (Å²) >= 11 is 0. The Morgan fingerprint density at radius 3 is 2.00 bits per heavy atom. The smallest absolute Gasteiger partial charge is 0.613 e. The molecule has 0 heterocycles. The molecule has 0 unspecified atom stereocenters. The molecular weight excluding hydrogens is 195 g/mol. The second kappa shape index (κ2) is 9.37. The predicted molar refractivity (Wildman–Crippen MR) is 45.6 cm³/mol. The molecule has 5 heteroatoms. The summed E-state index contributed by atoms with van der Waals surface area (Å²) in [5.41, 5.74) is 0.0729. The molecule has 0 aliphatic carbocycles. The molecule has 0 aromatic carbocycles. The molecule has 76 valence electrons. The van der Waals surface area contributed by atoms with E-state index in [4.69, 9.17) is 0 Å². The van der Waals surface area contributed by atoms with Crippen LogP contribution < -0.4 is 34.7 Å². The fourth-order valence-corrected chi connectivity index (χ4v) is 0.808. The van der Waals surface area contributed by atoms with E-state index in [1.165, 1.54) is 0 Å². The van der Waals surface area contributed by atoms with Crippen molar-refractivity contribution < 1.29 is 48.9 Å². The van der Waals surface area contributed by atoms with Crippen molar-refractivity contribution in [2.75, 3.05) is 13.2 Å².